The minimum Gasteiger partial charge on any atom is -0.378 e. The summed E-state index contributed by atoms with van der Waals surface area (Å²) in [6, 6.07) is -0.258. The average Bonchev–Trinajstić information content (AvgIpc) is 2.45. The number of rotatable bonds is 7. The van der Waals surface area contributed by atoms with Gasteiger partial charge in [0, 0.05) is 32.6 Å². The van der Waals surface area contributed by atoms with Gasteiger partial charge < -0.3 is 20.3 Å². The van der Waals surface area contributed by atoms with E-state index in [0.29, 0.717) is 51.7 Å². The molecule has 0 bridgehead atoms. The summed E-state index contributed by atoms with van der Waals surface area (Å²) in [5, 5.41) is 5.96. The minimum absolute atomic E-state index is 0.0252. The summed E-state index contributed by atoms with van der Waals surface area (Å²) in [5.74, 6) is 0.557. The molecule has 1 heterocycles. The van der Waals surface area contributed by atoms with Gasteiger partial charge in [0.1, 0.15) is 0 Å². The van der Waals surface area contributed by atoms with Crippen molar-refractivity contribution in [3.05, 3.63) is 0 Å². The van der Waals surface area contributed by atoms with Crippen molar-refractivity contribution < 1.29 is 14.3 Å². The van der Waals surface area contributed by atoms with Gasteiger partial charge in [-0.25, -0.2) is 0 Å². The van der Waals surface area contributed by atoms with Gasteiger partial charge in [0.2, 0.25) is 11.8 Å². The average molecular weight is 285 g/mol. The van der Waals surface area contributed by atoms with E-state index in [4.69, 9.17) is 4.74 Å². The van der Waals surface area contributed by atoms with E-state index in [0.717, 1.165) is 0 Å². The van der Waals surface area contributed by atoms with Crippen LogP contribution in [0.15, 0.2) is 0 Å². The summed E-state index contributed by atoms with van der Waals surface area (Å²) >= 11 is 0. The van der Waals surface area contributed by atoms with E-state index in [1.54, 1.807) is 4.90 Å². The van der Waals surface area contributed by atoms with Crippen molar-refractivity contribution in [3.63, 3.8) is 0 Å². The monoisotopic (exact) mass is 285 g/mol. The molecular weight excluding hydrogens is 258 g/mol. The van der Waals surface area contributed by atoms with Crippen LogP contribution in [0.4, 0.5) is 0 Å². The number of hydrogen-bond donors (Lipinski definition) is 2. The van der Waals surface area contributed by atoms with Crippen LogP contribution >= 0.6 is 0 Å². The van der Waals surface area contributed by atoms with Crippen LogP contribution in [0.5, 0.6) is 0 Å². The summed E-state index contributed by atoms with van der Waals surface area (Å²) in [6.07, 6.45) is 0.396. The van der Waals surface area contributed by atoms with Crippen molar-refractivity contribution >= 4 is 11.8 Å². The van der Waals surface area contributed by atoms with E-state index < -0.39 is 0 Å². The van der Waals surface area contributed by atoms with Gasteiger partial charge >= 0.3 is 0 Å². The molecule has 0 aromatic rings. The molecular formula is C14H27N3O3. The molecule has 20 heavy (non-hydrogen) atoms. The van der Waals surface area contributed by atoms with Gasteiger partial charge in [-0.2, -0.15) is 0 Å². The Morgan fingerprint density at radius 1 is 1.20 bits per heavy atom. The molecule has 0 radical (unpaired) electrons. The number of hydrogen-bond acceptors (Lipinski definition) is 4. The van der Waals surface area contributed by atoms with E-state index in [9.17, 15) is 9.59 Å². The van der Waals surface area contributed by atoms with Crippen LogP contribution in [0.25, 0.3) is 0 Å². The van der Waals surface area contributed by atoms with E-state index in [-0.39, 0.29) is 17.9 Å². The Kier molecular flexibility index (Phi) is 7.54. The van der Waals surface area contributed by atoms with Gasteiger partial charge in [-0.1, -0.05) is 13.8 Å². The fourth-order valence-corrected chi connectivity index (χ4v) is 1.95. The van der Waals surface area contributed by atoms with E-state index >= 15 is 0 Å². The van der Waals surface area contributed by atoms with Gasteiger partial charge in [-0.3, -0.25) is 9.59 Å². The van der Waals surface area contributed by atoms with Crippen LogP contribution in [-0.4, -0.2) is 62.1 Å². The molecule has 1 aliphatic heterocycles. The zero-order valence-corrected chi connectivity index (χ0v) is 12.8. The highest BCUT2D eigenvalue weighted by atomic mass is 16.5. The SMILES string of the molecule is CC(C)CNC(=O)CCNC(C)C(=O)N1CCOCC1. The molecule has 2 amide bonds. The second-order valence-electron chi connectivity index (χ2n) is 5.56. The molecule has 0 saturated carbocycles. The lowest BCUT2D eigenvalue weighted by Crippen LogP contribution is -2.49. The standard InChI is InChI=1S/C14H27N3O3/c1-11(2)10-16-13(18)4-5-15-12(3)14(19)17-6-8-20-9-7-17/h11-12,15H,4-10H2,1-3H3,(H,16,18). The van der Waals surface area contributed by atoms with Crippen molar-refractivity contribution in [2.45, 2.75) is 33.2 Å². The maximum Gasteiger partial charge on any atom is 0.239 e. The van der Waals surface area contributed by atoms with E-state index in [1.165, 1.54) is 0 Å². The van der Waals surface area contributed by atoms with Crippen LogP contribution in [-0.2, 0) is 14.3 Å². The molecule has 1 unspecified atom stereocenters. The molecule has 1 aliphatic rings. The van der Waals surface area contributed by atoms with Crippen molar-refractivity contribution in [3.8, 4) is 0 Å². The normalized spacial score (nSPS) is 17.1. The lowest BCUT2D eigenvalue weighted by Gasteiger charge is -2.29. The summed E-state index contributed by atoms with van der Waals surface area (Å²) in [4.78, 5) is 25.4. The zero-order chi connectivity index (χ0) is 15.0. The van der Waals surface area contributed by atoms with Gasteiger partial charge in [-0.05, 0) is 12.8 Å². The number of ether oxygens (including phenoxy) is 1. The van der Waals surface area contributed by atoms with Gasteiger partial charge in [0.25, 0.3) is 0 Å². The first-order valence-corrected chi connectivity index (χ1v) is 7.37. The Bertz CT molecular complexity index is 315. The van der Waals surface area contributed by atoms with Crippen molar-refractivity contribution in [2.75, 3.05) is 39.4 Å². The minimum atomic E-state index is -0.258. The third-order valence-electron chi connectivity index (χ3n) is 3.20. The van der Waals surface area contributed by atoms with Crippen LogP contribution < -0.4 is 10.6 Å². The molecule has 0 aromatic heterocycles. The molecule has 6 heteroatoms. The van der Waals surface area contributed by atoms with E-state index in [1.807, 2.05) is 6.92 Å². The molecule has 0 aromatic carbocycles. The predicted octanol–water partition coefficient (Wildman–Crippen LogP) is -0.0144. The molecule has 1 fully saturated rings. The van der Waals surface area contributed by atoms with Crippen LogP contribution in [0, 0.1) is 5.92 Å². The lowest BCUT2D eigenvalue weighted by atomic mass is 10.2. The predicted molar refractivity (Wildman–Crippen MR) is 77.3 cm³/mol. The summed E-state index contributed by atoms with van der Waals surface area (Å²) in [5.41, 5.74) is 0. The zero-order valence-electron chi connectivity index (χ0n) is 12.8. The molecule has 116 valence electrons. The first-order chi connectivity index (χ1) is 9.50. The van der Waals surface area contributed by atoms with Crippen LogP contribution in [0.1, 0.15) is 27.2 Å². The fourth-order valence-electron chi connectivity index (χ4n) is 1.95. The molecule has 0 aliphatic carbocycles. The Morgan fingerprint density at radius 3 is 2.45 bits per heavy atom. The Morgan fingerprint density at radius 2 is 1.85 bits per heavy atom. The summed E-state index contributed by atoms with van der Waals surface area (Å²) in [7, 11) is 0. The molecule has 1 saturated heterocycles. The largest absolute Gasteiger partial charge is 0.378 e. The quantitative estimate of drug-likeness (QED) is 0.690. The third kappa shape index (κ3) is 6.34. The number of carbonyl (C=O) groups excluding carboxylic acids is 2. The van der Waals surface area contributed by atoms with Crippen molar-refractivity contribution in [2.24, 2.45) is 5.92 Å². The smallest absolute Gasteiger partial charge is 0.239 e. The number of morpholine rings is 1. The number of nitrogens with zero attached hydrogens (tertiary/aromatic N) is 1. The highest BCUT2D eigenvalue weighted by Gasteiger charge is 2.21. The number of amides is 2. The van der Waals surface area contributed by atoms with Crippen molar-refractivity contribution in [1.29, 1.82) is 0 Å². The molecule has 2 N–H and O–H groups in total. The maximum atomic E-state index is 12.1. The number of carbonyl (C=O) groups is 2. The topological polar surface area (TPSA) is 70.7 Å². The molecule has 1 atom stereocenters. The van der Waals surface area contributed by atoms with Gasteiger partial charge in [-0.15, -0.1) is 0 Å². The Balaban J connectivity index is 2.17. The first kappa shape index (κ1) is 16.9. The Labute approximate surface area is 121 Å². The lowest BCUT2D eigenvalue weighted by molar-refractivity contribution is -0.137. The van der Waals surface area contributed by atoms with Gasteiger partial charge in [0.05, 0.1) is 19.3 Å². The maximum absolute atomic E-state index is 12.1. The second-order valence-corrected chi connectivity index (χ2v) is 5.56. The Hall–Kier alpha value is -1.14. The molecule has 0 spiro atoms. The van der Waals surface area contributed by atoms with Crippen LogP contribution in [0.2, 0.25) is 0 Å². The third-order valence-corrected chi connectivity index (χ3v) is 3.20. The summed E-state index contributed by atoms with van der Waals surface area (Å²) < 4.78 is 5.22. The van der Waals surface area contributed by atoms with E-state index in [2.05, 4.69) is 24.5 Å². The summed E-state index contributed by atoms with van der Waals surface area (Å²) in [6.45, 7) is 9.68. The van der Waals surface area contributed by atoms with Crippen LogP contribution in [0.3, 0.4) is 0 Å². The highest BCUT2D eigenvalue weighted by Crippen LogP contribution is 2.00. The fraction of sp³-hybridized carbons (Fsp3) is 0.857. The van der Waals surface area contributed by atoms with Gasteiger partial charge in [0.15, 0.2) is 0 Å². The van der Waals surface area contributed by atoms with Crippen molar-refractivity contribution in [1.82, 2.24) is 15.5 Å². The number of nitrogens with one attached hydrogen (secondary N) is 2. The molecule has 1 rings (SSSR count). The highest BCUT2D eigenvalue weighted by molar-refractivity contribution is 5.81. The second kappa shape index (κ2) is 8.92. The molecule has 6 nitrogen and oxygen atoms in total. The first-order valence-electron chi connectivity index (χ1n) is 7.37.